The third-order valence-corrected chi connectivity index (χ3v) is 19.9. The number of hydrogen-bond acceptors (Lipinski definition) is 4. The molecule has 0 N–H and O–H groups in total. The highest BCUT2D eigenvalue weighted by molar-refractivity contribution is 7.00. The van der Waals surface area contributed by atoms with Crippen molar-refractivity contribution >= 4 is 37.4 Å². The predicted molar refractivity (Wildman–Crippen MR) is 206 cm³/mol. The zero-order valence-corrected chi connectivity index (χ0v) is 31.7. The summed E-state index contributed by atoms with van der Waals surface area (Å²) < 4.78 is 28.7. The van der Waals surface area contributed by atoms with Crippen molar-refractivity contribution in [3.05, 3.63) is 157 Å². The van der Waals surface area contributed by atoms with Crippen molar-refractivity contribution in [2.45, 2.75) is 70.1 Å². The second-order valence-electron chi connectivity index (χ2n) is 15.0. The van der Waals surface area contributed by atoms with Crippen LogP contribution in [0.2, 0.25) is 10.1 Å². The van der Waals surface area contributed by atoms with Crippen LogP contribution < -0.4 is 20.7 Å². The Morgan fingerprint density at radius 3 is 1.29 bits per heavy atom. The lowest BCUT2D eigenvalue weighted by Gasteiger charge is -2.49. The summed E-state index contributed by atoms with van der Waals surface area (Å²) in [5.41, 5.74) is 0.988. The average molecular weight is 687 g/mol. The summed E-state index contributed by atoms with van der Waals surface area (Å²) in [5, 5.41) is 4.56. The zero-order valence-electron chi connectivity index (χ0n) is 29.7. The predicted octanol–water partition coefficient (Wildman–Crippen LogP) is 7.62. The van der Waals surface area contributed by atoms with Crippen LogP contribution in [0.4, 0.5) is 0 Å². The molecule has 0 amide bonds. The van der Waals surface area contributed by atoms with Crippen molar-refractivity contribution in [3.8, 4) is 0 Å². The minimum Gasteiger partial charge on any atom is -0.405 e. The van der Waals surface area contributed by atoms with Gasteiger partial charge in [-0.1, -0.05) is 193 Å². The first kappa shape index (κ1) is 35.2. The van der Waals surface area contributed by atoms with Crippen molar-refractivity contribution in [1.82, 2.24) is 0 Å². The van der Waals surface area contributed by atoms with Gasteiger partial charge in [-0.05, 0) is 30.8 Å². The van der Waals surface area contributed by atoms with E-state index in [2.05, 4.69) is 175 Å². The zero-order chi connectivity index (χ0) is 34.5. The van der Waals surface area contributed by atoms with E-state index in [1.165, 1.54) is 20.7 Å². The topological polar surface area (TPSA) is 36.9 Å². The molecule has 0 aromatic heterocycles. The molecule has 1 heterocycles. The molecule has 0 saturated carbocycles. The summed E-state index contributed by atoms with van der Waals surface area (Å²) >= 11 is 0. The fourth-order valence-corrected chi connectivity index (χ4v) is 16.8. The van der Waals surface area contributed by atoms with Gasteiger partial charge in [0.2, 0.25) is 0 Å². The van der Waals surface area contributed by atoms with Crippen LogP contribution >= 0.6 is 0 Å². The van der Waals surface area contributed by atoms with Crippen LogP contribution in [-0.4, -0.2) is 42.1 Å². The number of rotatable bonds is 10. The number of hydrogen-bond donors (Lipinski definition) is 0. The van der Waals surface area contributed by atoms with E-state index in [1.54, 1.807) is 0 Å². The lowest BCUT2D eigenvalue weighted by Crippen LogP contribution is -2.70. The van der Waals surface area contributed by atoms with Crippen LogP contribution in [0.1, 0.15) is 53.4 Å². The van der Waals surface area contributed by atoms with E-state index >= 15 is 0 Å². The smallest absolute Gasteiger partial charge is 0.261 e. The normalized spacial score (nSPS) is 19.0. The van der Waals surface area contributed by atoms with Crippen LogP contribution in [-0.2, 0) is 18.3 Å². The van der Waals surface area contributed by atoms with Crippen LogP contribution in [0, 0.1) is 0 Å². The van der Waals surface area contributed by atoms with Crippen molar-refractivity contribution in [2.75, 3.05) is 13.2 Å². The van der Waals surface area contributed by atoms with Crippen molar-refractivity contribution < 1.29 is 18.3 Å². The van der Waals surface area contributed by atoms with Crippen LogP contribution in [0.3, 0.4) is 0 Å². The Morgan fingerprint density at radius 2 is 0.898 bits per heavy atom. The van der Waals surface area contributed by atoms with Gasteiger partial charge in [-0.3, -0.25) is 0 Å². The highest BCUT2D eigenvalue weighted by atomic mass is 28.4. The molecule has 6 rings (SSSR count). The van der Waals surface area contributed by atoms with Crippen molar-refractivity contribution in [2.24, 2.45) is 0 Å². The van der Waals surface area contributed by atoms with Crippen molar-refractivity contribution in [1.29, 1.82) is 0 Å². The maximum absolute atomic E-state index is 7.70. The van der Waals surface area contributed by atoms with E-state index in [4.69, 9.17) is 18.3 Å². The summed E-state index contributed by atoms with van der Waals surface area (Å²) in [6.45, 7) is 14.6. The van der Waals surface area contributed by atoms with E-state index in [-0.39, 0.29) is 22.3 Å². The maximum Gasteiger partial charge on any atom is 0.261 e. The maximum atomic E-state index is 7.70. The highest BCUT2D eigenvalue weighted by Gasteiger charge is 2.55. The molecule has 0 aliphatic carbocycles. The molecule has 1 aliphatic rings. The van der Waals surface area contributed by atoms with Gasteiger partial charge in [0, 0.05) is 5.56 Å². The molecule has 1 fully saturated rings. The van der Waals surface area contributed by atoms with Gasteiger partial charge in [0.25, 0.3) is 16.6 Å². The first-order valence-corrected chi connectivity index (χ1v) is 21.2. The summed E-state index contributed by atoms with van der Waals surface area (Å²) in [6, 6.07) is 53.4. The molecule has 0 radical (unpaired) electrons. The van der Waals surface area contributed by atoms with E-state index < -0.39 is 22.9 Å². The molecule has 49 heavy (non-hydrogen) atoms. The average Bonchev–Trinajstić information content (AvgIpc) is 3.12. The van der Waals surface area contributed by atoms with E-state index in [9.17, 15) is 0 Å². The molecule has 254 valence electrons. The minimum absolute atomic E-state index is 0.173. The molecule has 4 nitrogen and oxygen atoms in total. The Balaban J connectivity index is 1.45. The van der Waals surface area contributed by atoms with E-state index in [1.807, 2.05) is 18.2 Å². The van der Waals surface area contributed by atoms with Crippen LogP contribution in [0.25, 0.3) is 0 Å². The second kappa shape index (κ2) is 14.7. The fourth-order valence-electron chi connectivity index (χ4n) is 7.50. The van der Waals surface area contributed by atoms with Gasteiger partial charge in [0.1, 0.15) is 6.10 Å². The van der Waals surface area contributed by atoms with Gasteiger partial charge in [0.15, 0.2) is 6.29 Å². The Kier molecular flexibility index (Phi) is 10.6. The fraction of sp³-hybridized carbons (Fsp3) is 0.302. The Morgan fingerprint density at radius 1 is 0.531 bits per heavy atom. The standard InChI is InChI=1S/C43H50O4Si2/c1-42(2,3)48(35-24-14-8-15-25-35,36-26-16-9-17-27-36)45-33-39-40(32-44-41(46-39)34-22-12-7-13-23-34)47-49(43(4,5)6,37-28-18-10-19-29-37)38-30-20-11-21-31-38/h7-31,39-41H,32-33H2,1-6H3/t39-,40+,41?/m0/s1. The van der Waals surface area contributed by atoms with Gasteiger partial charge in [-0.15, -0.1) is 0 Å². The largest absolute Gasteiger partial charge is 0.405 e. The first-order valence-electron chi connectivity index (χ1n) is 17.4. The summed E-state index contributed by atoms with van der Waals surface area (Å²) in [6.07, 6.45) is -1.28. The molecule has 6 heteroatoms. The lowest BCUT2D eigenvalue weighted by atomic mass is 10.1. The Bertz CT molecular complexity index is 1660. The van der Waals surface area contributed by atoms with E-state index in [0.717, 1.165) is 5.56 Å². The minimum atomic E-state index is -2.92. The van der Waals surface area contributed by atoms with Crippen LogP contribution in [0.5, 0.6) is 0 Å². The molecule has 1 unspecified atom stereocenters. The highest BCUT2D eigenvalue weighted by Crippen LogP contribution is 2.41. The van der Waals surface area contributed by atoms with Gasteiger partial charge in [-0.25, -0.2) is 0 Å². The monoisotopic (exact) mass is 686 g/mol. The molecule has 1 saturated heterocycles. The molecule has 0 bridgehead atoms. The number of benzene rings is 5. The number of ether oxygens (including phenoxy) is 2. The Labute approximate surface area is 295 Å². The molecule has 0 spiro atoms. The van der Waals surface area contributed by atoms with Gasteiger partial charge in [0.05, 0.1) is 19.3 Å². The SMILES string of the molecule is CC(C)(C)[Si](OC[C@@H]1OC(c2ccccc2)OC[C@H]1O[Si](c1ccccc1)(c1ccccc1)C(C)(C)C)(c1ccccc1)c1ccccc1. The second-order valence-corrected chi connectivity index (χ2v) is 23.6. The summed E-state index contributed by atoms with van der Waals surface area (Å²) in [7, 11) is -5.78. The van der Waals surface area contributed by atoms with Crippen molar-refractivity contribution in [3.63, 3.8) is 0 Å². The molecule has 5 aromatic rings. The molecule has 1 aliphatic heterocycles. The third kappa shape index (κ3) is 7.04. The molecular formula is C43H50O4Si2. The van der Waals surface area contributed by atoms with Gasteiger partial charge >= 0.3 is 0 Å². The summed E-state index contributed by atoms with van der Waals surface area (Å²) in [5.74, 6) is 0. The molecule has 5 aromatic carbocycles. The Hall–Kier alpha value is -3.63. The van der Waals surface area contributed by atoms with Gasteiger partial charge in [-0.2, -0.15) is 0 Å². The first-order chi connectivity index (χ1) is 23.6. The summed E-state index contributed by atoms with van der Waals surface area (Å²) in [4.78, 5) is 0. The van der Waals surface area contributed by atoms with Gasteiger partial charge < -0.3 is 18.3 Å². The molecule has 3 atom stereocenters. The molecular weight excluding hydrogens is 637 g/mol. The lowest BCUT2D eigenvalue weighted by molar-refractivity contribution is -0.258. The third-order valence-electron chi connectivity index (χ3n) is 9.82. The van der Waals surface area contributed by atoms with Crippen LogP contribution in [0.15, 0.2) is 152 Å². The quantitative estimate of drug-likeness (QED) is 0.142. The van der Waals surface area contributed by atoms with E-state index in [0.29, 0.717) is 13.2 Å².